The van der Waals surface area contributed by atoms with Crippen molar-refractivity contribution < 1.29 is 8.98 Å². The molecule has 0 saturated heterocycles. The number of aryl methyl sites for hydroxylation is 1. The van der Waals surface area contributed by atoms with Crippen molar-refractivity contribution >= 4 is 35.4 Å². The fraction of sp³-hybridized carbons (Fsp3) is 0.0870. The molecular formula is C23H20BN2O+. The van der Waals surface area contributed by atoms with Crippen LogP contribution in [-0.2, 0) is 7.05 Å². The average Bonchev–Trinajstić information content (AvgIpc) is 3.09. The van der Waals surface area contributed by atoms with Crippen LogP contribution in [0.15, 0.2) is 83.5 Å². The highest BCUT2D eigenvalue weighted by atomic mass is 16.3. The molecule has 0 unspecified atom stereocenters. The third kappa shape index (κ3) is 2.56. The van der Waals surface area contributed by atoms with E-state index in [4.69, 9.17) is 4.42 Å². The maximum Gasteiger partial charge on any atom is 0.447 e. The zero-order valence-electron chi connectivity index (χ0n) is 15.5. The van der Waals surface area contributed by atoms with Crippen LogP contribution in [0.2, 0.25) is 6.82 Å². The lowest BCUT2D eigenvalue weighted by Crippen LogP contribution is -2.50. The monoisotopic (exact) mass is 351 g/mol. The lowest BCUT2D eigenvalue weighted by Gasteiger charge is -2.22. The first-order chi connectivity index (χ1) is 13.2. The van der Waals surface area contributed by atoms with Gasteiger partial charge in [0.2, 0.25) is 0 Å². The molecule has 5 rings (SSSR count). The number of hydrogen-bond donors (Lipinski definition) is 0. The molecule has 0 N–H and O–H groups in total. The van der Waals surface area contributed by atoms with Crippen LogP contribution in [0.25, 0.3) is 28.2 Å². The molecule has 27 heavy (non-hydrogen) atoms. The van der Waals surface area contributed by atoms with E-state index in [-0.39, 0.29) is 6.85 Å². The summed E-state index contributed by atoms with van der Waals surface area (Å²) in [6.07, 6.45) is 6.45. The second-order valence-electron chi connectivity index (χ2n) is 7.03. The van der Waals surface area contributed by atoms with Gasteiger partial charge in [-0.05, 0) is 36.2 Å². The Bertz CT molecular complexity index is 1160. The van der Waals surface area contributed by atoms with Crippen molar-refractivity contribution in [3.63, 3.8) is 0 Å². The van der Waals surface area contributed by atoms with Crippen LogP contribution in [0.3, 0.4) is 0 Å². The molecule has 3 heterocycles. The molecule has 0 saturated carbocycles. The molecule has 4 heteroatoms. The Kier molecular flexibility index (Phi) is 3.64. The fourth-order valence-electron chi connectivity index (χ4n) is 3.88. The highest BCUT2D eigenvalue weighted by Crippen LogP contribution is 2.28. The molecule has 1 aliphatic heterocycles. The predicted molar refractivity (Wildman–Crippen MR) is 112 cm³/mol. The van der Waals surface area contributed by atoms with Crippen molar-refractivity contribution in [2.45, 2.75) is 6.82 Å². The van der Waals surface area contributed by atoms with Gasteiger partial charge in [0, 0.05) is 17.0 Å². The molecule has 0 bridgehead atoms. The summed E-state index contributed by atoms with van der Waals surface area (Å²) >= 11 is 0. The van der Waals surface area contributed by atoms with Gasteiger partial charge in [-0.2, -0.15) is 0 Å². The van der Waals surface area contributed by atoms with Crippen LogP contribution in [0, 0.1) is 0 Å². The lowest BCUT2D eigenvalue weighted by atomic mass is 9.58. The van der Waals surface area contributed by atoms with Gasteiger partial charge < -0.3 is 4.42 Å². The molecular weight excluding hydrogens is 331 g/mol. The van der Waals surface area contributed by atoms with E-state index < -0.39 is 0 Å². The minimum absolute atomic E-state index is 0.120. The van der Waals surface area contributed by atoms with E-state index in [9.17, 15) is 0 Å². The minimum atomic E-state index is 0.120. The second-order valence-corrected chi connectivity index (χ2v) is 7.03. The fourth-order valence-corrected chi connectivity index (χ4v) is 3.88. The number of benzene rings is 2. The maximum absolute atomic E-state index is 6.21. The van der Waals surface area contributed by atoms with E-state index in [1.165, 1.54) is 22.1 Å². The maximum atomic E-state index is 6.21. The standard InChI is InChI=1S/C23H20BN2O/c1-24-23-20(19-10-6-7-11-21(19)27-23)13-15-26(24)22-16-18(12-14-25(22)2)17-8-4-3-5-9-17/h3-16H,1-2H3/q+1. The Morgan fingerprint density at radius 2 is 1.70 bits per heavy atom. The third-order valence-corrected chi connectivity index (χ3v) is 5.36. The van der Waals surface area contributed by atoms with Gasteiger partial charge in [0.25, 0.3) is 5.82 Å². The van der Waals surface area contributed by atoms with Crippen LogP contribution < -0.4 is 15.0 Å². The number of nitrogens with zero attached hydrogens (tertiary/aromatic N) is 2. The van der Waals surface area contributed by atoms with E-state index in [0.29, 0.717) is 0 Å². The van der Waals surface area contributed by atoms with Gasteiger partial charge in [0.15, 0.2) is 0 Å². The van der Waals surface area contributed by atoms with Crippen molar-refractivity contribution in [2.24, 2.45) is 7.05 Å². The number of hydrogen-bond acceptors (Lipinski definition) is 2. The molecule has 0 fully saturated rings. The smallest absolute Gasteiger partial charge is 0.447 e. The number of para-hydroxylation sites is 1. The molecule has 0 atom stereocenters. The highest BCUT2D eigenvalue weighted by molar-refractivity contribution is 6.76. The topological polar surface area (TPSA) is 20.3 Å². The van der Waals surface area contributed by atoms with Gasteiger partial charge >= 0.3 is 6.85 Å². The van der Waals surface area contributed by atoms with Gasteiger partial charge in [-0.15, -0.1) is 0 Å². The number of fused-ring (bicyclic) bond motifs is 3. The first-order valence-electron chi connectivity index (χ1n) is 9.25. The Labute approximate surface area is 159 Å². The van der Waals surface area contributed by atoms with Gasteiger partial charge in [-0.1, -0.05) is 48.5 Å². The lowest BCUT2D eigenvalue weighted by molar-refractivity contribution is -0.658. The van der Waals surface area contributed by atoms with Crippen LogP contribution in [0.5, 0.6) is 0 Å². The minimum Gasteiger partial charge on any atom is -0.465 e. The van der Waals surface area contributed by atoms with Crippen LogP contribution >= 0.6 is 0 Å². The number of rotatable bonds is 2. The van der Waals surface area contributed by atoms with Crippen LogP contribution in [0.1, 0.15) is 5.56 Å². The van der Waals surface area contributed by atoms with Crippen LogP contribution in [-0.4, -0.2) is 6.85 Å². The Morgan fingerprint density at radius 1 is 0.926 bits per heavy atom. The van der Waals surface area contributed by atoms with Crippen LogP contribution in [0.4, 0.5) is 5.82 Å². The van der Waals surface area contributed by atoms with Gasteiger partial charge in [-0.25, -0.2) is 4.57 Å². The van der Waals surface area contributed by atoms with Crippen molar-refractivity contribution in [2.75, 3.05) is 4.81 Å². The van der Waals surface area contributed by atoms with Crippen molar-refractivity contribution in [1.29, 1.82) is 0 Å². The molecule has 2 aromatic heterocycles. The summed E-state index contributed by atoms with van der Waals surface area (Å²) < 4.78 is 8.36. The highest BCUT2D eigenvalue weighted by Gasteiger charge is 2.37. The van der Waals surface area contributed by atoms with Gasteiger partial charge in [-0.3, -0.25) is 4.81 Å². The quantitative estimate of drug-likeness (QED) is 0.398. The summed E-state index contributed by atoms with van der Waals surface area (Å²) in [4.78, 5) is 2.27. The molecule has 1 aliphatic rings. The van der Waals surface area contributed by atoms with E-state index in [1.54, 1.807) is 0 Å². The molecule has 0 amide bonds. The zero-order valence-corrected chi connectivity index (χ0v) is 15.5. The van der Waals surface area contributed by atoms with Gasteiger partial charge in [0.1, 0.15) is 11.2 Å². The summed E-state index contributed by atoms with van der Waals surface area (Å²) in [5.74, 6) is 1.13. The molecule has 0 spiro atoms. The average molecular weight is 351 g/mol. The van der Waals surface area contributed by atoms with E-state index in [1.807, 2.05) is 18.2 Å². The third-order valence-electron chi connectivity index (χ3n) is 5.36. The second kappa shape index (κ2) is 6.17. The summed E-state index contributed by atoms with van der Waals surface area (Å²) in [5.41, 5.74) is 5.58. The number of furan rings is 1. The molecule has 4 aromatic rings. The first-order valence-corrected chi connectivity index (χ1v) is 9.25. The van der Waals surface area contributed by atoms with E-state index in [0.717, 1.165) is 17.1 Å². The zero-order chi connectivity index (χ0) is 18.4. The van der Waals surface area contributed by atoms with Crippen molar-refractivity contribution in [1.82, 2.24) is 0 Å². The summed E-state index contributed by atoms with van der Waals surface area (Å²) in [6, 6.07) is 23.1. The van der Waals surface area contributed by atoms with E-state index >= 15 is 0 Å². The predicted octanol–water partition coefficient (Wildman–Crippen LogP) is 4.24. The molecule has 130 valence electrons. The Hall–Kier alpha value is -3.27. The first kappa shape index (κ1) is 15.9. The molecule has 0 aliphatic carbocycles. The van der Waals surface area contributed by atoms with Crippen molar-refractivity contribution in [3.05, 3.63) is 84.7 Å². The molecule has 0 radical (unpaired) electrons. The molecule has 3 nitrogen and oxygen atoms in total. The molecule has 2 aromatic carbocycles. The van der Waals surface area contributed by atoms with Crippen molar-refractivity contribution in [3.8, 4) is 11.1 Å². The van der Waals surface area contributed by atoms with E-state index in [2.05, 4.69) is 90.3 Å². The Morgan fingerprint density at radius 3 is 2.56 bits per heavy atom. The Balaban J connectivity index is 1.60. The SMILES string of the molecule is CB1c2oc3ccccc3c2C=CN1c1cc(-c2ccccc2)cc[n+]1C. The number of anilines is 1. The summed E-state index contributed by atoms with van der Waals surface area (Å²) in [6.45, 7) is 2.31. The normalized spacial score (nSPS) is 13.3. The number of pyridine rings is 1. The number of aromatic nitrogens is 1. The largest absolute Gasteiger partial charge is 0.465 e. The summed E-state index contributed by atoms with van der Waals surface area (Å²) in [5, 5.41) is 1.18. The van der Waals surface area contributed by atoms with Gasteiger partial charge in [0.05, 0.1) is 19.4 Å². The summed E-state index contributed by atoms with van der Waals surface area (Å²) in [7, 11) is 2.08.